The molecule has 3 aromatic carbocycles. The summed E-state index contributed by atoms with van der Waals surface area (Å²) >= 11 is 4.05. The quantitative estimate of drug-likeness (QED) is 0.338. The smallest absolute Gasteiger partial charge is 0.193 e. The third-order valence-electron chi connectivity index (χ3n) is 3.64. The standard InChI is InChI=1S/C20H14I2O3/c21-17-10-15(11-18(22)20(17)24)19(23)14-6-8-16(9-7-14)25-12-13-4-2-1-3-5-13/h1-11,24H,12H2. The van der Waals surface area contributed by atoms with Crippen molar-refractivity contribution in [3.63, 3.8) is 0 Å². The van der Waals surface area contributed by atoms with E-state index in [1.54, 1.807) is 36.4 Å². The van der Waals surface area contributed by atoms with Crippen molar-refractivity contribution in [3.8, 4) is 11.5 Å². The van der Waals surface area contributed by atoms with E-state index in [2.05, 4.69) is 0 Å². The monoisotopic (exact) mass is 556 g/mol. The van der Waals surface area contributed by atoms with Crippen molar-refractivity contribution < 1.29 is 14.6 Å². The van der Waals surface area contributed by atoms with E-state index in [1.807, 2.05) is 75.5 Å². The number of ketones is 1. The van der Waals surface area contributed by atoms with E-state index in [4.69, 9.17) is 4.74 Å². The third-order valence-corrected chi connectivity index (χ3v) is 5.29. The van der Waals surface area contributed by atoms with Crippen molar-refractivity contribution in [2.24, 2.45) is 0 Å². The fourth-order valence-electron chi connectivity index (χ4n) is 2.31. The Bertz CT molecular complexity index is 868. The molecule has 0 bridgehead atoms. The number of carbonyl (C=O) groups is 1. The van der Waals surface area contributed by atoms with Gasteiger partial charge in [0.25, 0.3) is 0 Å². The van der Waals surface area contributed by atoms with Gasteiger partial charge in [0, 0.05) is 11.1 Å². The summed E-state index contributed by atoms with van der Waals surface area (Å²) in [6.07, 6.45) is 0. The topological polar surface area (TPSA) is 46.5 Å². The second-order valence-electron chi connectivity index (χ2n) is 5.42. The third kappa shape index (κ3) is 4.52. The van der Waals surface area contributed by atoms with Gasteiger partial charge in [-0.3, -0.25) is 4.79 Å². The van der Waals surface area contributed by atoms with Gasteiger partial charge in [0.1, 0.15) is 18.1 Å². The molecule has 0 aliphatic carbocycles. The summed E-state index contributed by atoms with van der Waals surface area (Å²) in [5, 5.41) is 9.83. The minimum absolute atomic E-state index is 0.0783. The maximum absolute atomic E-state index is 12.6. The van der Waals surface area contributed by atoms with Crippen molar-refractivity contribution in [2.45, 2.75) is 6.61 Å². The Balaban J connectivity index is 1.72. The number of ether oxygens (including phenoxy) is 1. The number of halogens is 2. The van der Waals surface area contributed by atoms with E-state index in [9.17, 15) is 9.90 Å². The van der Waals surface area contributed by atoms with Gasteiger partial charge in [-0.1, -0.05) is 30.3 Å². The van der Waals surface area contributed by atoms with Crippen LogP contribution in [0.1, 0.15) is 21.5 Å². The molecule has 0 radical (unpaired) electrons. The molecule has 126 valence electrons. The second-order valence-corrected chi connectivity index (χ2v) is 7.74. The molecule has 0 aliphatic rings. The van der Waals surface area contributed by atoms with Crippen LogP contribution in [-0.2, 0) is 6.61 Å². The molecule has 25 heavy (non-hydrogen) atoms. The van der Waals surface area contributed by atoms with Crippen LogP contribution in [0.15, 0.2) is 66.7 Å². The van der Waals surface area contributed by atoms with Crippen LogP contribution in [0.3, 0.4) is 0 Å². The summed E-state index contributed by atoms with van der Waals surface area (Å²) < 4.78 is 7.07. The molecule has 0 saturated carbocycles. The molecule has 3 rings (SSSR count). The molecular weight excluding hydrogens is 542 g/mol. The van der Waals surface area contributed by atoms with Crippen molar-refractivity contribution in [1.29, 1.82) is 0 Å². The van der Waals surface area contributed by atoms with E-state index in [0.717, 1.165) is 11.3 Å². The highest BCUT2D eigenvalue weighted by molar-refractivity contribution is 14.1. The number of carbonyl (C=O) groups excluding carboxylic acids is 1. The molecule has 3 aromatic rings. The van der Waals surface area contributed by atoms with Crippen molar-refractivity contribution >= 4 is 51.0 Å². The predicted molar refractivity (Wildman–Crippen MR) is 114 cm³/mol. The first-order chi connectivity index (χ1) is 12.0. The fourth-order valence-corrected chi connectivity index (χ4v) is 4.07. The molecule has 1 N–H and O–H groups in total. The van der Waals surface area contributed by atoms with Crippen LogP contribution in [0.5, 0.6) is 11.5 Å². The number of benzene rings is 3. The SMILES string of the molecule is O=C(c1ccc(OCc2ccccc2)cc1)c1cc(I)c(O)c(I)c1. The molecule has 0 saturated heterocycles. The Kier molecular flexibility index (Phi) is 5.95. The molecule has 0 amide bonds. The zero-order valence-electron chi connectivity index (χ0n) is 13.1. The van der Waals surface area contributed by atoms with Crippen LogP contribution in [0.4, 0.5) is 0 Å². The summed E-state index contributed by atoms with van der Waals surface area (Å²) in [5.74, 6) is 0.850. The molecule has 0 atom stereocenters. The minimum Gasteiger partial charge on any atom is -0.506 e. The lowest BCUT2D eigenvalue weighted by atomic mass is 10.0. The van der Waals surface area contributed by atoms with Gasteiger partial charge in [-0.25, -0.2) is 0 Å². The summed E-state index contributed by atoms with van der Waals surface area (Å²) in [4.78, 5) is 12.6. The van der Waals surface area contributed by atoms with Crippen LogP contribution in [0, 0.1) is 7.14 Å². The fraction of sp³-hybridized carbons (Fsp3) is 0.0500. The number of aromatic hydroxyl groups is 1. The van der Waals surface area contributed by atoms with Crippen molar-refractivity contribution in [3.05, 3.63) is 90.6 Å². The van der Waals surface area contributed by atoms with Crippen LogP contribution in [0.2, 0.25) is 0 Å². The Morgan fingerprint density at radius 1 is 0.880 bits per heavy atom. The zero-order valence-corrected chi connectivity index (χ0v) is 17.4. The number of phenols is 1. The second kappa shape index (κ2) is 8.18. The summed E-state index contributed by atoms with van der Waals surface area (Å²) in [5.41, 5.74) is 2.24. The maximum atomic E-state index is 12.6. The Hall–Kier alpha value is -1.61. The minimum atomic E-state index is -0.0783. The first-order valence-corrected chi connectivity index (χ1v) is 9.70. The average Bonchev–Trinajstić information content (AvgIpc) is 2.64. The molecule has 0 unspecified atom stereocenters. The maximum Gasteiger partial charge on any atom is 0.193 e. The molecule has 3 nitrogen and oxygen atoms in total. The number of hydrogen-bond acceptors (Lipinski definition) is 3. The Morgan fingerprint density at radius 3 is 2.08 bits per heavy atom. The van der Waals surface area contributed by atoms with Crippen molar-refractivity contribution in [1.82, 2.24) is 0 Å². The summed E-state index contributed by atoms with van der Waals surface area (Å²) in [7, 11) is 0. The summed E-state index contributed by atoms with van der Waals surface area (Å²) in [6.45, 7) is 0.489. The van der Waals surface area contributed by atoms with E-state index in [0.29, 0.717) is 24.9 Å². The van der Waals surface area contributed by atoms with Crippen molar-refractivity contribution in [2.75, 3.05) is 0 Å². The van der Waals surface area contributed by atoms with Gasteiger partial charge >= 0.3 is 0 Å². The lowest BCUT2D eigenvalue weighted by Crippen LogP contribution is -2.03. The normalized spacial score (nSPS) is 10.5. The number of phenolic OH excluding ortho intramolecular Hbond substituents is 1. The van der Waals surface area contributed by atoms with Crippen LogP contribution in [0.25, 0.3) is 0 Å². The molecule has 0 spiro atoms. The van der Waals surface area contributed by atoms with Gasteiger partial charge in [0.2, 0.25) is 0 Å². The van der Waals surface area contributed by atoms with Gasteiger partial charge < -0.3 is 9.84 Å². The Labute approximate surface area is 173 Å². The number of rotatable bonds is 5. The highest BCUT2D eigenvalue weighted by atomic mass is 127. The lowest BCUT2D eigenvalue weighted by Gasteiger charge is -2.08. The van der Waals surface area contributed by atoms with Gasteiger partial charge in [-0.05, 0) is 87.1 Å². The first-order valence-electron chi connectivity index (χ1n) is 7.54. The largest absolute Gasteiger partial charge is 0.506 e. The van der Waals surface area contributed by atoms with E-state index >= 15 is 0 Å². The molecule has 0 aromatic heterocycles. The Morgan fingerprint density at radius 2 is 1.48 bits per heavy atom. The number of hydrogen-bond donors (Lipinski definition) is 1. The van der Waals surface area contributed by atoms with Crippen LogP contribution >= 0.6 is 45.2 Å². The van der Waals surface area contributed by atoms with Gasteiger partial charge in [0.15, 0.2) is 5.78 Å². The molecule has 0 fully saturated rings. The van der Waals surface area contributed by atoms with Crippen LogP contribution < -0.4 is 4.74 Å². The van der Waals surface area contributed by atoms with E-state index in [1.165, 1.54) is 0 Å². The molecule has 5 heteroatoms. The zero-order chi connectivity index (χ0) is 17.8. The van der Waals surface area contributed by atoms with Crippen LogP contribution in [-0.4, -0.2) is 10.9 Å². The van der Waals surface area contributed by atoms with E-state index in [-0.39, 0.29) is 11.5 Å². The highest BCUT2D eigenvalue weighted by Crippen LogP contribution is 2.28. The molecule has 0 aliphatic heterocycles. The molecular formula is C20H14I2O3. The van der Waals surface area contributed by atoms with E-state index < -0.39 is 0 Å². The average molecular weight is 556 g/mol. The van der Waals surface area contributed by atoms with Gasteiger partial charge in [0.05, 0.1) is 7.14 Å². The highest BCUT2D eigenvalue weighted by Gasteiger charge is 2.13. The summed E-state index contributed by atoms with van der Waals surface area (Å²) in [6, 6.07) is 20.4. The predicted octanol–water partition coefficient (Wildman–Crippen LogP) is 5.41. The lowest BCUT2D eigenvalue weighted by molar-refractivity contribution is 0.103. The van der Waals surface area contributed by atoms with Gasteiger partial charge in [-0.2, -0.15) is 0 Å². The molecule has 0 heterocycles. The first kappa shape index (κ1) is 18.2. The van der Waals surface area contributed by atoms with Gasteiger partial charge in [-0.15, -0.1) is 0 Å².